The largest absolute Gasteiger partial charge is 0.504 e. The van der Waals surface area contributed by atoms with Gasteiger partial charge in [-0.3, -0.25) is 4.79 Å². The third kappa shape index (κ3) is 5.01. The molecule has 6 nitrogen and oxygen atoms in total. The van der Waals surface area contributed by atoms with Gasteiger partial charge in [0.1, 0.15) is 0 Å². The fraction of sp³-hybridized carbons (Fsp3) is 0.444. The van der Waals surface area contributed by atoms with E-state index in [0.717, 1.165) is 25.9 Å². The Balaban J connectivity index is 1.83. The number of carbonyl (C=O) groups is 2. The quantitative estimate of drug-likeness (QED) is 0.660. The van der Waals surface area contributed by atoms with Crippen molar-refractivity contribution in [2.24, 2.45) is 5.92 Å². The number of piperidine rings is 1. The van der Waals surface area contributed by atoms with Gasteiger partial charge in [-0.1, -0.05) is 13.0 Å². The molecule has 6 heteroatoms. The first-order chi connectivity index (χ1) is 11.5. The molecule has 1 aromatic carbocycles. The molecule has 1 fully saturated rings. The van der Waals surface area contributed by atoms with E-state index in [2.05, 4.69) is 6.92 Å². The van der Waals surface area contributed by atoms with Crippen LogP contribution >= 0.6 is 0 Å². The van der Waals surface area contributed by atoms with E-state index < -0.39 is 5.97 Å². The number of hydrogen-bond donors (Lipinski definition) is 1. The monoisotopic (exact) mass is 333 g/mol. The van der Waals surface area contributed by atoms with Crippen LogP contribution < -0.4 is 4.74 Å². The first kappa shape index (κ1) is 17.8. The zero-order valence-electron chi connectivity index (χ0n) is 14.0. The molecule has 1 aromatic rings. The van der Waals surface area contributed by atoms with Crippen molar-refractivity contribution < 1.29 is 24.2 Å². The predicted octanol–water partition coefficient (Wildman–Crippen LogP) is 2.22. The summed E-state index contributed by atoms with van der Waals surface area (Å²) in [6, 6.07) is 4.71. The minimum atomic E-state index is -0.583. The number of methoxy groups -OCH3 is 1. The minimum absolute atomic E-state index is 0.0265. The van der Waals surface area contributed by atoms with Gasteiger partial charge >= 0.3 is 5.97 Å². The maximum atomic E-state index is 12.0. The number of phenols is 1. The van der Waals surface area contributed by atoms with E-state index >= 15 is 0 Å². The van der Waals surface area contributed by atoms with Gasteiger partial charge in [0.15, 0.2) is 18.1 Å². The van der Waals surface area contributed by atoms with Crippen molar-refractivity contribution >= 4 is 18.0 Å². The highest BCUT2D eigenvalue weighted by molar-refractivity contribution is 5.89. The molecule has 0 saturated carbocycles. The van der Waals surface area contributed by atoms with Crippen molar-refractivity contribution in [3.05, 3.63) is 29.8 Å². The Morgan fingerprint density at radius 1 is 1.42 bits per heavy atom. The first-order valence-corrected chi connectivity index (χ1v) is 7.99. The Morgan fingerprint density at radius 2 is 2.21 bits per heavy atom. The van der Waals surface area contributed by atoms with Crippen LogP contribution in [0, 0.1) is 5.92 Å². The van der Waals surface area contributed by atoms with Gasteiger partial charge in [0.2, 0.25) is 0 Å². The van der Waals surface area contributed by atoms with Gasteiger partial charge in [-0.05, 0) is 42.5 Å². The average molecular weight is 333 g/mol. The molecule has 1 heterocycles. The van der Waals surface area contributed by atoms with Crippen molar-refractivity contribution in [3.63, 3.8) is 0 Å². The highest BCUT2D eigenvalue weighted by Crippen LogP contribution is 2.26. The second kappa shape index (κ2) is 8.38. The van der Waals surface area contributed by atoms with Crippen LogP contribution in [0.25, 0.3) is 6.08 Å². The second-order valence-corrected chi connectivity index (χ2v) is 5.96. The number of phenolic OH excluding ortho intramolecular Hbond substituents is 1. The summed E-state index contributed by atoms with van der Waals surface area (Å²) in [6.45, 7) is 3.32. The summed E-state index contributed by atoms with van der Waals surface area (Å²) in [6.07, 6.45) is 4.90. The number of nitrogens with zero attached hydrogens (tertiary/aromatic N) is 1. The van der Waals surface area contributed by atoms with Crippen LogP contribution in [0.3, 0.4) is 0 Å². The zero-order chi connectivity index (χ0) is 17.5. The molecule has 1 N–H and O–H groups in total. The lowest BCUT2D eigenvalue weighted by Gasteiger charge is -2.30. The Morgan fingerprint density at radius 3 is 2.92 bits per heavy atom. The lowest BCUT2D eigenvalue weighted by Crippen LogP contribution is -2.41. The van der Waals surface area contributed by atoms with Gasteiger partial charge in [-0.15, -0.1) is 0 Å². The van der Waals surface area contributed by atoms with Crippen LogP contribution in [0.2, 0.25) is 0 Å². The van der Waals surface area contributed by atoms with Gasteiger partial charge < -0.3 is 19.5 Å². The van der Waals surface area contributed by atoms with Gasteiger partial charge in [-0.25, -0.2) is 4.79 Å². The summed E-state index contributed by atoms with van der Waals surface area (Å²) in [5.41, 5.74) is 0.679. The molecule has 0 aliphatic carbocycles. The van der Waals surface area contributed by atoms with Crippen LogP contribution in [0.15, 0.2) is 24.3 Å². The highest BCUT2D eigenvalue weighted by atomic mass is 16.5. The number of benzene rings is 1. The molecule has 1 saturated heterocycles. The molecule has 1 atom stereocenters. The molecule has 0 aromatic heterocycles. The molecule has 1 amide bonds. The summed E-state index contributed by atoms with van der Waals surface area (Å²) >= 11 is 0. The van der Waals surface area contributed by atoms with Gasteiger partial charge in [-0.2, -0.15) is 0 Å². The molecule has 1 aliphatic rings. The van der Waals surface area contributed by atoms with Crippen LogP contribution in [0.4, 0.5) is 0 Å². The number of hydrogen-bond acceptors (Lipinski definition) is 5. The summed E-state index contributed by atoms with van der Waals surface area (Å²) in [4.78, 5) is 25.5. The number of aromatic hydroxyl groups is 1. The topological polar surface area (TPSA) is 76.1 Å². The molecular weight excluding hydrogens is 310 g/mol. The van der Waals surface area contributed by atoms with Gasteiger partial charge in [0.25, 0.3) is 5.91 Å². The van der Waals surface area contributed by atoms with Crippen molar-refractivity contribution in [3.8, 4) is 11.5 Å². The number of carbonyl (C=O) groups excluding carboxylic acids is 2. The molecule has 2 rings (SSSR count). The molecule has 130 valence electrons. The second-order valence-electron chi connectivity index (χ2n) is 5.96. The van der Waals surface area contributed by atoms with Gasteiger partial charge in [0.05, 0.1) is 7.11 Å². The van der Waals surface area contributed by atoms with E-state index in [0.29, 0.717) is 17.2 Å². The normalized spacial score (nSPS) is 17.8. The average Bonchev–Trinajstić information content (AvgIpc) is 2.58. The van der Waals surface area contributed by atoms with Crippen molar-refractivity contribution in [1.29, 1.82) is 0 Å². The predicted molar refractivity (Wildman–Crippen MR) is 89.6 cm³/mol. The molecule has 0 bridgehead atoms. The van der Waals surface area contributed by atoms with Crippen molar-refractivity contribution in [2.45, 2.75) is 19.8 Å². The Hall–Kier alpha value is -2.50. The molecule has 0 unspecified atom stereocenters. The number of rotatable bonds is 5. The lowest BCUT2D eigenvalue weighted by atomic mass is 10.0. The van der Waals surface area contributed by atoms with E-state index in [1.165, 1.54) is 25.3 Å². The summed E-state index contributed by atoms with van der Waals surface area (Å²) in [5, 5.41) is 9.52. The van der Waals surface area contributed by atoms with E-state index in [1.54, 1.807) is 17.0 Å². The Labute approximate surface area is 141 Å². The maximum Gasteiger partial charge on any atom is 0.331 e. The lowest BCUT2D eigenvalue weighted by molar-refractivity contribution is -0.149. The summed E-state index contributed by atoms with van der Waals surface area (Å²) in [5.74, 6) is 0.0938. The summed E-state index contributed by atoms with van der Waals surface area (Å²) in [7, 11) is 1.45. The smallest absolute Gasteiger partial charge is 0.331 e. The zero-order valence-corrected chi connectivity index (χ0v) is 14.0. The molecular formula is C18H23NO5. The van der Waals surface area contributed by atoms with Crippen LogP contribution in [0.1, 0.15) is 25.3 Å². The van der Waals surface area contributed by atoms with E-state index in [9.17, 15) is 14.7 Å². The van der Waals surface area contributed by atoms with Crippen LogP contribution in [0.5, 0.6) is 11.5 Å². The van der Waals surface area contributed by atoms with Crippen molar-refractivity contribution in [1.82, 2.24) is 4.90 Å². The molecule has 1 aliphatic heterocycles. The number of ether oxygens (including phenoxy) is 2. The number of amides is 1. The van der Waals surface area contributed by atoms with E-state index in [4.69, 9.17) is 9.47 Å². The van der Waals surface area contributed by atoms with Crippen LogP contribution in [-0.2, 0) is 14.3 Å². The third-order valence-electron chi connectivity index (χ3n) is 3.96. The minimum Gasteiger partial charge on any atom is -0.504 e. The van der Waals surface area contributed by atoms with Gasteiger partial charge in [0, 0.05) is 19.2 Å². The third-order valence-corrected chi connectivity index (χ3v) is 3.96. The summed E-state index contributed by atoms with van der Waals surface area (Å²) < 4.78 is 9.99. The SMILES string of the molecule is COc1cc(/C=C/C(=O)OCC(=O)N2CCC[C@@H](C)C2)ccc1O. The number of likely N-dealkylation sites (tertiary alicyclic amines) is 1. The van der Waals surface area contributed by atoms with Crippen molar-refractivity contribution in [2.75, 3.05) is 26.8 Å². The molecule has 0 radical (unpaired) electrons. The number of esters is 1. The molecule has 24 heavy (non-hydrogen) atoms. The Bertz CT molecular complexity index is 626. The van der Waals surface area contributed by atoms with Crippen LogP contribution in [-0.4, -0.2) is 48.7 Å². The maximum absolute atomic E-state index is 12.0. The van der Waals surface area contributed by atoms with E-state index in [1.807, 2.05) is 0 Å². The highest BCUT2D eigenvalue weighted by Gasteiger charge is 2.21. The standard InChI is InChI=1S/C18H23NO5/c1-13-4-3-9-19(11-13)17(21)12-24-18(22)8-6-14-5-7-15(20)16(10-14)23-2/h5-8,10,13,20H,3-4,9,11-12H2,1-2H3/b8-6+/t13-/m1/s1. The molecule has 0 spiro atoms. The Kier molecular flexibility index (Phi) is 6.23. The first-order valence-electron chi connectivity index (χ1n) is 7.99. The van der Waals surface area contributed by atoms with E-state index in [-0.39, 0.29) is 18.3 Å². The fourth-order valence-electron chi connectivity index (χ4n) is 2.65. The fourth-order valence-corrected chi connectivity index (χ4v) is 2.65.